The number of nitrogens with zero attached hydrogens (tertiary/aromatic N) is 3. The van der Waals surface area contributed by atoms with Gasteiger partial charge >= 0.3 is 0 Å². The summed E-state index contributed by atoms with van der Waals surface area (Å²) in [6, 6.07) is 0.225. The lowest BCUT2D eigenvalue weighted by atomic mass is 10.0. The molecule has 1 rings (SSSR count). The Morgan fingerprint density at radius 3 is 2.56 bits per heavy atom. The molecule has 1 unspecified atom stereocenters. The lowest BCUT2D eigenvalue weighted by Gasteiger charge is -2.26. The number of hydrogen-bond donors (Lipinski definition) is 2. The molecular formula is C10H20N4OS. The summed E-state index contributed by atoms with van der Waals surface area (Å²) in [6.07, 6.45) is 0. The SMILES string of the molecule is CC(C)C(CN(C)C)n1c(CO)n[nH]c1=S. The van der Waals surface area contributed by atoms with E-state index in [1.54, 1.807) is 0 Å². The number of hydrogen-bond acceptors (Lipinski definition) is 4. The summed E-state index contributed by atoms with van der Waals surface area (Å²) in [5.74, 6) is 1.03. The third-order valence-corrected chi connectivity index (χ3v) is 2.86. The molecule has 0 amide bonds. The topological polar surface area (TPSA) is 57.1 Å². The molecule has 0 bridgehead atoms. The van der Waals surface area contributed by atoms with Crippen LogP contribution >= 0.6 is 12.2 Å². The highest BCUT2D eigenvalue weighted by Crippen LogP contribution is 2.20. The summed E-state index contributed by atoms with van der Waals surface area (Å²) in [6.45, 7) is 5.07. The maximum Gasteiger partial charge on any atom is 0.195 e. The molecule has 1 aromatic heterocycles. The molecule has 0 radical (unpaired) electrons. The fourth-order valence-corrected chi connectivity index (χ4v) is 2.04. The van der Waals surface area contributed by atoms with E-state index in [9.17, 15) is 5.11 Å². The third-order valence-electron chi connectivity index (χ3n) is 2.57. The Kier molecular flexibility index (Phi) is 4.64. The van der Waals surface area contributed by atoms with Gasteiger partial charge in [0.05, 0.1) is 6.04 Å². The van der Waals surface area contributed by atoms with E-state index in [0.29, 0.717) is 16.5 Å². The van der Waals surface area contributed by atoms with Gasteiger partial charge in [0, 0.05) is 6.54 Å². The van der Waals surface area contributed by atoms with Crippen LogP contribution in [0.1, 0.15) is 25.7 Å². The average molecular weight is 244 g/mol. The first-order valence-electron chi connectivity index (χ1n) is 5.38. The van der Waals surface area contributed by atoms with E-state index < -0.39 is 0 Å². The minimum Gasteiger partial charge on any atom is -0.388 e. The molecule has 0 saturated heterocycles. The van der Waals surface area contributed by atoms with Crippen molar-refractivity contribution in [3.8, 4) is 0 Å². The zero-order valence-electron chi connectivity index (χ0n) is 10.3. The molecule has 0 aliphatic heterocycles. The molecule has 0 fully saturated rings. The number of aliphatic hydroxyl groups excluding tert-OH is 1. The molecule has 5 nitrogen and oxygen atoms in total. The van der Waals surface area contributed by atoms with Gasteiger partial charge in [-0.3, -0.25) is 9.67 Å². The van der Waals surface area contributed by atoms with Gasteiger partial charge in [0.15, 0.2) is 10.6 Å². The number of nitrogens with one attached hydrogen (secondary N) is 1. The molecule has 16 heavy (non-hydrogen) atoms. The smallest absolute Gasteiger partial charge is 0.195 e. The van der Waals surface area contributed by atoms with Crippen molar-refractivity contribution in [3.63, 3.8) is 0 Å². The predicted molar refractivity (Wildman–Crippen MR) is 65.8 cm³/mol. The lowest BCUT2D eigenvalue weighted by molar-refractivity contribution is 0.229. The van der Waals surface area contributed by atoms with E-state index in [-0.39, 0.29) is 12.6 Å². The van der Waals surface area contributed by atoms with Crippen molar-refractivity contribution >= 4 is 12.2 Å². The zero-order valence-corrected chi connectivity index (χ0v) is 11.1. The second-order valence-corrected chi connectivity index (χ2v) is 4.93. The summed E-state index contributed by atoms with van der Waals surface area (Å²) in [7, 11) is 4.05. The molecule has 92 valence electrons. The van der Waals surface area contributed by atoms with Crippen LogP contribution in [-0.4, -0.2) is 45.4 Å². The van der Waals surface area contributed by atoms with Crippen molar-refractivity contribution in [2.75, 3.05) is 20.6 Å². The third kappa shape index (κ3) is 2.90. The van der Waals surface area contributed by atoms with E-state index in [2.05, 4.69) is 28.9 Å². The van der Waals surface area contributed by atoms with Crippen LogP contribution in [0.25, 0.3) is 0 Å². The first-order chi connectivity index (χ1) is 7.47. The van der Waals surface area contributed by atoms with Crippen LogP contribution in [0.2, 0.25) is 0 Å². The highest BCUT2D eigenvalue weighted by molar-refractivity contribution is 7.71. The summed E-state index contributed by atoms with van der Waals surface area (Å²) < 4.78 is 2.49. The van der Waals surface area contributed by atoms with Gasteiger partial charge in [-0.15, -0.1) is 0 Å². The molecular weight excluding hydrogens is 224 g/mol. The summed E-state index contributed by atoms with van der Waals surface area (Å²) in [5, 5.41) is 16.0. The monoisotopic (exact) mass is 244 g/mol. The van der Waals surface area contributed by atoms with Crippen LogP contribution in [0.15, 0.2) is 0 Å². The van der Waals surface area contributed by atoms with Crippen LogP contribution in [0, 0.1) is 10.7 Å². The Labute approximate surface area is 101 Å². The average Bonchev–Trinajstić information content (AvgIpc) is 2.55. The lowest BCUT2D eigenvalue weighted by Crippen LogP contribution is -2.29. The maximum absolute atomic E-state index is 9.23. The van der Waals surface area contributed by atoms with Crippen molar-refractivity contribution in [2.24, 2.45) is 5.92 Å². The van der Waals surface area contributed by atoms with Gasteiger partial charge in [-0.1, -0.05) is 13.8 Å². The highest BCUT2D eigenvalue weighted by atomic mass is 32.1. The van der Waals surface area contributed by atoms with E-state index in [1.165, 1.54) is 0 Å². The Balaban J connectivity index is 3.09. The first-order valence-corrected chi connectivity index (χ1v) is 5.79. The minimum atomic E-state index is -0.0935. The summed E-state index contributed by atoms with van der Waals surface area (Å²) in [4.78, 5) is 2.11. The van der Waals surface area contributed by atoms with Gasteiger partial charge < -0.3 is 10.0 Å². The Hall–Kier alpha value is -0.720. The Morgan fingerprint density at radius 1 is 1.50 bits per heavy atom. The normalized spacial score (nSPS) is 13.7. The number of aromatic nitrogens is 3. The van der Waals surface area contributed by atoms with Crippen LogP contribution in [0.5, 0.6) is 0 Å². The van der Waals surface area contributed by atoms with Crippen LogP contribution in [0.4, 0.5) is 0 Å². The van der Waals surface area contributed by atoms with Crippen molar-refractivity contribution in [3.05, 3.63) is 10.6 Å². The van der Waals surface area contributed by atoms with Gasteiger partial charge in [-0.2, -0.15) is 5.10 Å². The first kappa shape index (κ1) is 13.3. The van der Waals surface area contributed by atoms with Gasteiger partial charge in [-0.25, -0.2) is 0 Å². The van der Waals surface area contributed by atoms with E-state index in [4.69, 9.17) is 12.2 Å². The molecule has 0 aliphatic rings. The number of aliphatic hydroxyl groups is 1. The molecule has 6 heteroatoms. The van der Waals surface area contributed by atoms with Crippen LogP contribution in [0.3, 0.4) is 0 Å². The van der Waals surface area contributed by atoms with E-state index >= 15 is 0 Å². The standard InChI is InChI=1S/C10H20N4OS/c1-7(2)8(5-13(3)4)14-9(6-15)11-12-10(14)16/h7-8,15H,5-6H2,1-4H3,(H,12,16). The number of likely N-dealkylation sites (N-methyl/N-ethyl adjacent to an activating group) is 1. The fourth-order valence-electron chi connectivity index (χ4n) is 1.76. The molecule has 0 aromatic carbocycles. The predicted octanol–water partition coefficient (Wildman–Crippen LogP) is 1.19. The molecule has 0 aliphatic carbocycles. The second kappa shape index (κ2) is 5.56. The highest BCUT2D eigenvalue weighted by Gasteiger charge is 2.20. The van der Waals surface area contributed by atoms with Gasteiger partial charge in [0.2, 0.25) is 0 Å². The molecule has 1 atom stereocenters. The van der Waals surface area contributed by atoms with Crippen molar-refractivity contribution in [2.45, 2.75) is 26.5 Å². The van der Waals surface area contributed by atoms with Gasteiger partial charge in [0.25, 0.3) is 0 Å². The van der Waals surface area contributed by atoms with Crippen LogP contribution < -0.4 is 0 Å². The van der Waals surface area contributed by atoms with Crippen LogP contribution in [-0.2, 0) is 6.61 Å². The van der Waals surface area contributed by atoms with E-state index in [1.807, 2.05) is 18.7 Å². The number of aromatic amines is 1. The van der Waals surface area contributed by atoms with Gasteiger partial charge in [-0.05, 0) is 32.2 Å². The molecule has 1 aromatic rings. The number of H-pyrrole nitrogens is 1. The molecule has 0 spiro atoms. The van der Waals surface area contributed by atoms with Crippen molar-refractivity contribution in [1.29, 1.82) is 0 Å². The zero-order chi connectivity index (χ0) is 12.3. The Bertz CT molecular complexity index is 382. The summed E-state index contributed by atoms with van der Waals surface area (Å²) >= 11 is 5.20. The maximum atomic E-state index is 9.23. The molecule has 2 N–H and O–H groups in total. The van der Waals surface area contributed by atoms with Crippen molar-refractivity contribution < 1.29 is 5.11 Å². The van der Waals surface area contributed by atoms with Crippen molar-refractivity contribution in [1.82, 2.24) is 19.7 Å². The fraction of sp³-hybridized carbons (Fsp3) is 0.800. The Morgan fingerprint density at radius 2 is 2.12 bits per heavy atom. The molecule has 1 heterocycles. The van der Waals surface area contributed by atoms with Gasteiger partial charge in [0.1, 0.15) is 6.61 Å². The number of rotatable bonds is 5. The minimum absolute atomic E-state index is 0.0935. The largest absolute Gasteiger partial charge is 0.388 e. The quantitative estimate of drug-likeness (QED) is 0.764. The second-order valence-electron chi connectivity index (χ2n) is 4.55. The summed E-state index contributed by atoms with van der Waals surface area (Å²) in [5.41, 5.74) is 0. The van der Waals surface area contributed by atoms with E-state index in [0.717, 1.165) is 6.54 Å². The molecule has 0 saturated carbocycles.